The Bertz CT molecular complexity index is 1040. The Kier molecular flexibility index (Phi) is 6.26. The normalized spacial score (nSPS) is 10.7. The highest BCUT2D eigenvalue weighted by molar-refractivity contribution is 7.97. The molecule has 0 aliphatic carbocycles. The minimum Gasteiger partial charge on any atom is -0.508 e. The van der Waals surface area contributed by atoms with E-state index in [1.165, 1.54) is 9.79 Å². The number of ether oxygens (including phenoxy) is 2. The molecule has 4 heteroatoms. The first kappa shape index (κ1) is 19.9. The first-order valence-electron chi connectivity index (χ1n) is 9.68. The molecule has 0 fully saturated rings. The van der Waals surface area contributed by atoms with Crippen molar-refractivity contribution in [1.82, 2.24) is 0 Å². The highest BCUT2D eigenvalue weighted by Crippen LogP contribution is 2.37. The Morgan fingerprint density at radius 3 is 1.83 bits per heavy atom. The van der Waals surface area contributed by atoms with Gasteiger partial charge in [-0.1, -0.05) is 48.5 Å². The van der Waals surface area contributed by atoms with Crippen LogP contribution in [0.25, 0.3) is 0 Å². The molecule has 0 radical (unpaired) electrons. The van der Waals surface area contributed by atoms with E-state index in [-0.39, 0.29) is 16.6 Å². The second-order valence-corrected chi connectivity index (χ2v) is 8.73. The highest BCUT2D eigenvalue weighted by atomic mass is 32.2. The van der Waals surface area contributed by atoms with Crippen LogP contribution in [0.5, 0.6) is 17.2 Å². The Morgan fingerprint density at radius 2 is 1.27 bits per heavy atom. The second kappa shape index (κ2) is 9.42. The quantitative estimate of drug-likeness (QED) is 0.372. The first-order valence-corrected chi connectivity index (χ1v) is 10.9. The van der Waals surface area contributed by atoms with Crippen LogP contribution in [-0.2, 0) is 17.5 Å². The van der Waals surface area contributed by atoms with E-state index in [4.69, 9.17) is 9.47 Å². The Morgan fingerprint density at radius 1 is 0.667 bits per heavy atom. The highest BCUT2D eigenvalue weighted by Gasteiger charge is 2.29. The van der Waals surface area contributed by atoms with E-state index in [0.29, 0.717) is 18.1 Å². The number of phenolic OH excluding ortho intramolecular Hbond substituents is 1. The molecule has 0 saturated heterocycles. The van der Waals surface area contributed by atoms with Gasteiger partial charge in [0.15, 0.2) is 26.2 Å². The van der Waals surface area contributed by atoms with Crippen molar-refractivity contribution in [2.24, 2.45) is 0 Å². The van der Waals surface area contributed by atoms with E-state index in [0.717, 1.165) is 10.5 Å². The Labute approximate surface area is 179 Å². The maximum absolute atomic E-state index is 9.48. The molecule has 0 spiro atoms. The van der Waals surface area contributed by atoms with Crippen molar-refractivity contribution in [1.29, 1.82) is 0 Å². The van der Waals surface area contributed by atoms with Crippen molar-refractivity contribution in [3.8, 4) is 17.2 Å². The Balaban J connectivity index is 1.69. The molecule has 4 rings (SSSR count). The lowest BCUT2D eigenvalue weighted by molar-refractivity contribution is 0.283. The standard InChI is InChI=1S/C26H22O3S/c1-28-25-17-16-24(18-26(25)29-19-20-12-14-21(27)15-13-20)30(22-8-4-2-5-9-22)23-10-6-3-7-11-23/h2-18H,19H2,1H3/p+1. The third kappa shape index (κ3) is 4.61. The van der Waals surface area contributed by atoms with Gasteiger partial charge in [0.05, 0.1) is 18.0 Å². The molecule has 0 unspecified atom stereocenters. The minimum atomic E-state index is -0.255. The van der Waals surface area contributed by atoms with Gasteiger partial charge in [0.1, 0.15) is 12.4 Å². The molecule has 30 heavy (non-hydrogen) atoms. The lowest BCUT2D eigenvalue weighted by atomic mass is 10.2. The molecule has 0 aromatic heterocycles. The van der Waals surface area contributed by atoms with Crippen molar-refractivity contribution in [2.45, 2.75) is 21.3 Å². The smallest absolute Gasteiger partial charge is 0.170 e. The van der Waals surface area contributed by atoms with Crippen molar-refractivity contribution >= 4 is 10.9 Å². The average Bonchev–Trinajstić information content (AvgIpc) is 2.80. The lowest BCUT2D eigenvalue weighted by Gasteiger charge is -2.13. The van der Waals surface area contributed by atoms with Gasteiger partial charge in [-0.3, -0.25) is 0 Å². The number of phenols is 1. The summed E-state index contributed by atoms with van der Waals surface area (Å²) in [5.41, 5.74) is 0.977. The summed E-state index contributed by atoms with van der Waals surface area (Å²) in [6.45, 7) is 0.393. The zero-order valence-corrected chi connectivity index (χ0v) is 17.5. The molecule has 0 atom stereocenters. The molecule has 0 aliphatic heterocycles. The summed E-state index contributed by atoms with van der Waals surface area (Å²) in [6, 6.07) is 34.2. The van der Waals surface area contributed by atoms with Crippen LogP contribution in [0.2, 0.25) is 0 Å². The first-order chi connectivity index (χ1) is 14.7. The van der Waals surface area contributed by atoms with E-state index < -0.39 is 0 Å². The molecule has 150 valence electrons. The fourth-order valence-electron chi connectivity index (χ4n) is 3.17. The number of aromatic hydroxyl groups is 1. The molecule has 0 heterocycles. The third-order valence-electron chi connectivity index (χ3n) is 4.66. The number of benzene rings is 4. The number of hydrogen-bond donors (Lipinski definition) is 1. The van der Waals surface area contributed by atoms with Gasteiger partial charge in [-0.25, -0.2) is 0 Å². The van der Waals surface area contributed by atoms with Crippen LogP contribution >= 0.6 is 0 Å². The molecule has 1 N–H and O–H groups in total. The summed E-state index contributed by atoms with van der Waals surface area (Å²) >= 11 is 0. The summed E-state index contributed by atoms with van der Waals surface area (Å²) in [6.07, 6.45) is 0. The van der Waals surface area contributed by atoms with Crippen LogP contribution in [0, 0.1) is 0 Å². The van der Waals surface area contributed by atoms with Crippen LogP contribution in [0.15, 0.2) is 118 Å². The summed E-state index contributed by atoms with van der Waals surface area (Å²) in [5.74, 6) is 1.64. The van der Waals surface area contributed by atoms with Crippen molar-refractivity contribution in [3.63, 3.8) is 0 Å². The molecule has 0 saturated carbocycles. The minimum absolute atomic E-state index is 0.244. The molecule has 0 amide bonds. The van der Waals surface area contributed by atoms with E-state index in [1.54, 1.807) is 19.2 Å². The van der Waals surface area contributed by atoms with Crippen LogP contribution in [0.3, 0.4) is 0 Å². The fourth-order valence-corrected chi connectivity index (χ4v) is 5.28. The number of hydrogen-bond acceptors (Lipinski definition) is 3. The predicted octanol–water partition coefficient (Wildman–Crippen LogP) is 6.08. The van der Waals surface area contributed by atoms with Crippen LogP contribution in [0.4, 0.5) is 0 Å². The molecule has 4 aromatic rings. The molecule has 4 aromatic carbocycles. The zero-order chi connectivity index (χ0) is 20.8. The van der Waals surface area contributed by atoms with E-state index in [9.17, 15) is 5.11 Å². The maximum Gasteiger partial charge on any atom is 0.170 e. The van der Waals surface area contributed by atoms with E-state index >= 15 is 0 Å². The van der Waals surface area contributed by atoms with Gasteiger partial charge >= 0.3 is 0 Å². The molecule has 0 bridgehead atoms. The van der Waals surface area contributed by atoms with Crippen molar-refractivity contribution in [2.75, 3.05) is 7.11 Å². The summed E-state index contributed by atoms with van der Waals surface area (Å²) in [4.78, 5) is 3.66. The van der Waals surface area contributed by atoms with Crippen LogP contribution in [-0.4, -0.2) is 12.2 Å². The molecule has 0 aliphatic rings. The van der Waals surface area contributed by atoms with Gasteiger partial charge in [-0.2, -0.15) is 0 Å². The molecular formula is C26H23O3S+. The predicted molar refractivity (Wildman–Crippen MR) is 120 cm³/mol. The molecule has 3 nitrogen and oxygen atoms in total. The maximum atomic E-state index is 9.48. The summed E-state index contributed by atoms with van der Waals surface area (Å²) < 4.78 is 11.7. The van der Waals surface area contributed by atoms with Gasteiger partial charge in [0, 0.05) is 6.07 Å². The van der Waals surface area contributed by atoms with Gasteiger partial charge in [0.2, 0.25) is 0 Å². The fraction of sp³-hybridized carbons (Fsp3) is 0.0769. The largest absolute Gasteiger partial charge is 0.508 e. The van der Waals surface area contributed by atoms with Crippen molar-refractivity contribution in [3.05, 3.63) is 109 Å². The van der Waals surface area contributed by atoms with Gasteiger partial charge in [0.25, 0.3) is 0 Å². The molecular weight excluding hydrogens is 392 g/mol. The SMILES string of the molecule is COc1ccc([S+](c2ccccc2)c2ccccc2)cc1OCc1ccc(O)cc1. The third-order valence-corrected chi connectivity index (χ3v) is 6.87. The lowest BCUT2D eigenvalue weighted by Crippen LogP contribution is -2.06. The van der Waals surface area contributed by atoms with Crippen molar-refractivity contribution < 1.29 is 14.6 Å². The van der Waals surface area contributed by atoms with Gasteiger partial charge in [-0.15, -0.1) is 0 Å². The number of methoxy groups -OCH3 is 1. The summed E-state index contributed by atoms with van der Waals surface area (Å²) in [5, 5.41) is 9.48. The zero-order valence-electron chi connectivity index (χ0n) is 16.7. The van der Waals surface area contributed by atoms with Gasteiger partial charge in [-0.05, 0) is 54.1 Å². The van der Waals surface area contributed by atoms with Crippen LogP contribution in [0.1, 0.15) is 5.56 Å². The topological polar surface area (TPSA) is 38.7 Å². The van der Waals surface area contributed by atoms with Crippen LogP contribution < -0.4 is 9.47 Å². The van der Waals surface area contributed by atoms with E-state index in [2.05, 4.69) is 60.7 Å². The van der Waals surface area contributed by atoms with E-state index in [1.807, 2.05) is 30.3 Å². The second-order valence-electron chi connectivity index (χ2n) is 6.70. The summed E-state index contributed by atoms with van der Waals surface area (Å²) in [7, 11) is 1.39. The average molecular weight is 416 g/mol. The Hall–Kier alpha value is -3.37. The number of rotatable bonds is 7. The van der Waals surface area contributed by atoms with Gasteiger partial charge < -0.3 is 14.6 Å². The monoisotopic (exact) mass is 415 g/mol.